The minimum atomic E-state index is -4.43. The Bertz CT molecular complexity index is 652. The number of nitrogens with one attached hydrogen (secondary N) is 1. The number of rotatable bonds is 3. The summed E-state index contributed by atoms with van der Waals surface area (Å²) in [4.78, 5) is 2.95. The third-order valence-electron chi connectivity index (χ3n) is 3.96. The van der Waals surface area contributed by atoms with Crippen LogP contribution in [0, 0.1) is 0 Å². The van der Waals surface area contributed by atoms with Crippen molar-refractivity contribution < 1.29 is 13.2 Å². The van der Waals surface area contributed by atoms with E-state index in [0.717, 1.165) is 24.0 Å². The molecule has 1 aromatic carbocycles. The van der Waals surface area contributed by atoms with Gasteiger partial charge in [0.05, 0.1) is 11.6 Å². The molecule has 2 nitrogen and oxygen atoms in total. The third-order valence-corrected chi connectivity index (χ3v) is 5.22. The lowest BCUT2D eigenvalue weighted by atomic mass is 9.96. The highest BCUT2D eigenvalue weighted by molar-refractivity contribution is 7.10. The van der Waals surface area contributed by atoms with E-state index >= 15 is 0 Å². The van der Waals surface area contributed by atoms with Crippen LogP contribution in [0.5, 0.6) is 0 Å². The fourth-order valence-electron chi connectivity index (χ4n) is 2.95. The molecule has 23 heavy (non-hydrogen) atoms. The van der Waals surface area contributed by atoms with Crippen molar-refractivity contribution >= 4 is 22.9 Å². The van der Waals surface area contributed by atoms with Gasteiger partial charge in [-0.2, -0.15) is 13.2 Å². The Balaban J connectivity index is 2.14. The van der Waals surface area contributed by atoms with Crippen molar-refractivity contribution in [2.75, 3.05) is 26.2 Å². The van der Waals surface area contributed by atoms with Gasteiger partial charge in [0.15, 0.2) is 0 Å². The van der Waals surface area contributed by atoms with E-state index in [1.54, 1.807) is 0 Å². The van der Waals surface area contributed by atoms with Crippen LogP contribution in [0.2, 0.25) is 5.02 Å². The van der Waals surface area contributed by atoms with Gasteiger partial charge in [0.1, 0.15) is 0 Å². The van der Waals surface area contributed by atoms with E-state index in [2.05, 4.69) is 10.2 Å². The lowest BCUT2D eigenvalue weighted by molar-refractivity contribution is -0.138. The Kier molecular flexibility index (Phi) is 4.96. The predicted molar refractivity (Wildman–Crippen MR) is 87.1 cm³/mol. The van der Waals surface area contributed by atoms with Crippen LogP contribution in [0.3, 0.4) is 0 Å². The molecule has 124 valence electrons. The van der Waals surface area contributed by atoms with Crippen molar-refractivity contribution in [1.29, 1.82) is 0 Å². The van der Waals surface area contributed by atoms with Crippen LogP contribution in [0.25, 0.3) is 0 Å². The van der Waals surface area contributed by atoms with E-state index in [0.29, 0.717) is 13.1 Å². The summed E-state index contributed by atoms with van der Waals surface area (Å²) in [5.74, 6) is 0. The quantitative estimate of drug-likeness (QED) is 0.872. The van der Waals surface area contributed by atoms with Gasteiger partial charge in [-0.3, -0.25) is 4.90 Å². The smallest absolute Gasteiger partial charge is 0.314 e. The molecule has 2 heterocycles. The van der Waals surface area contributed by atoms with Gasteiger partial charge in [0.25, 0.3) is 0 Å². The van der Waals surface area contributed by atoms with Crippen LogP contribution in [0.15, 0.2) is 35.7 Å². The maximum Gasteiger partial charge on any atom is 0.416 e. The SMILES string of the molecule is FC(F)(F)c1cccc(Cl)c1[C@H](c1cccs1)N1CCNCC1. The van der Waals surface area contributed by atoms with Crippen molar-refractivity contribution in [3.8, 4) is 0 Å². The zero-order chi connectivity index (χ0) is 16.4. The maximum absolute atomic E-state index is 13.5. The number of benzene rings is 1. The van der Waals surface area contributed by atoms with Crippen molar-refractivity contribution in [2.45, 2.75) is 12.2 Å². The van der Waals surface area contributed by atoms with Gasteiger partial charge in [-0.05, 0) is 23.6 Å². The van der Waals surface area contributed by atoms with Gasteiger partial charge in [0, 0.05) is 41.6 Å². The molecular weight excluding hydrogens is 345 g/mol. The van der Waals surface area contributed by atoms with Crippen molar-refractivity contribution in [2.24, 2.45) is 0 Å². The van der Waals surface area contributed by atoms with Gasteiger partial charge in [-0.1, -0.05) is 23.7 Å². The van der Waals surface area contributed by atoms with E-state index in [1.807, 2.05) is 17.5 Å². The van der Waals surface area contributed by atoms with E-state index in [4.69, 9.17) is 11.6 Å². The summed E-state index contributed by atoms with van der Waals surface area (Å²) in [6, 6.07) is 7.28. The summed E-state index contributed by atoms with van der Waals surface area (Å²) >= 11 is 7.69. The van der Waals surface area contributed by atoms with Crippen LogP contribution in [0.4, 0.5) is 13.2 Å². The number of hydrogen-bond acceptors (Lipinski definition) is 3. The molecule has 1 aliphatic heterocycles. The first-order valence-electron chi connectivity index (χ1n) is 7.32. The van der Waals surface area contributed by atoms with E-state index in [1.165, 1.54) is 23.5 Å². The third kappa shape index (κ3) is 3.55. The Morgan fingerprint density at radius 3 is 2.48 bits per heavy atom. The summed E-state index contributed by atoms with van der Waals surface area (Å²) in [6.07, 6.45) is -4.43. The molecule has 7 heteroatoms. The van der Waals surface area contributed by atoms with E-state index in [-0.39, 0.29) is 10.6 Å². The molecule has 1 N–H and O–H groups in total. The highest BCUT2D eigenvalue weighted by Gasteiger charge is 2.38. The largest absolute Gasteiger partial charge is 0.416 e. The van der Waals surface area contributed by atoms with Crippen molar-refractivity contribution in [1.82, 2.24) is 10.2 Å². The molecule has 1 aromatic heterocycles. The molecule has 3 rings (SSSR count). The minimum Gasteiger partial charge on any atom is -0.314 e. The Hall–Kier alpha value is -1.08. The molecule has 2 aromatic rings. The van der Waals surface area contributed by atoms with Crippen LogP contribution in [0.1, 0.15) is 22.0 Å². The van der Waals surface area contributed by atoms with Crippen LogP contribution in [-0.4, -0.2) is 31.1 Å². The highest BCUT2D eigenvalue weighted by Crippen LogP contribution is 2.43. The van der Waals surface area contributed by atoms with Gasteiger partial charge >= 0.3 is 6.18 Å². The summed E-state index contributed by atoms with van der Waals surface area (Å²) < 4.78 is 40.5. The molecule has 1 atom stereocenters. The van der Waals surface area contributed by atoms with Crippen molar-refractivity contribution in [3.05, 3.63) is 56.7 Å². The Morgan fingerprint density at radius 1 is 1.13 bits per heavy atom. The van der Waals surface area contributed by atoms with Gasteiger partial charge < -0.3 is 5.32 Å². The second-order valence-electron chi connectivity index (χ2n) is 5.40. The monoisotopic (exact) mass is 360 g/mol. The zero-order valence-electron chi connectivity index (χ0n) is 12.2. The molecular formula is C16H16ClF3N2S. The standard InChI is InChI=1S/C16H16ClF3N2S/c17-12-4-1-3-11(16(18,19)20)14(12)15(13-5-2-10-23-13)22-8-6-21-7-9-22/h1-5,10,15,21H,6-9H2/t15-/m0/s1. The topological polar surface area (TPSA) is 15.3 Å². The Morgan fingerprint density at radius 2 is 1.87 bits per heavy atom. The molecule has 1 aliphatic rings. The first kappa shape index (κ1) is 16.8. The average molecular weight is 361 g/mol. The lowest BCUT2D eigenvalue weighted by Gasteiger charge is -2.36. The van der Waals surface area contributed by atoms with Gasteiger partial charge in [-0.15, -0.1) is 11.3 Å². The second kappa shape index (κ2) is 6.81. The summed E-state index contributed by atoms with van der Waals surface area (Å²) in [5.41, 5.74) is -0.493. The maximum atomic E-state index is 13.5. The molecule has 0 unspecified atom stereocenters. The van der Waals surface area contributed by atoms with Crippen molar-refractivity contribution in [3.63, 3.8) is 0 Å². The van der Waals surface area contributed by atoms with E-state index in [9.17, 15) is 13.2 Å². The summed E-state index contributed by atoms with van der Waals surface area (Å²) in [6.45, 7) is 2.89. The minimum absolute atomic E-state index is 0.158. The first-order chi connectivity index (χ1) is 11.0. The number of piperazine rings is 1. The Labute approximate surface area is 141 Å². The molecule has 0 aliphatic carbocycles. The number of thiophene rings is 1. The predicted octanol–water partition coefficient (Wildman–Crippen LogP) is 4.41. The first-order valence-corrected chi connectivity index (χ1v) is 8.58. The number of alkyl halides is 3. The molecule has 1 fully saturated rings. The number of hydrogen-bond donors (Lipinski definition) is 1. The summed E-state index contributed by atoms with van der Waals surface area (Å²) in [5, 5.41) is 5.28. The normalized spacial score (nSPS) is 18.1. The second-order valence-corrected chi connectivity index (χ2v) is 6.79. The molecule has 1 saturated heterocycles. The molecule has 0 amide bonds. The fourth-order valence-corrected chi connectivity index (χ4v) is 4.10. The summed E-state index contributed by atoms with van der Waals surface area (Å²) in [7, 11) is 0. The molecule has 0 radical (unpaired) electrons. The van der Waals surface area contributed by atoms with Crippen LogP contribution in [-0.2, 0) is 6.18 Å². The zero-order valence-corrected chi connectivity index (χ0v) is 13.8. The molecule has 0 saturated carbocycles. The average Bonchev–Trinajstić information content (AvgIpc) is 3.03. The van der Waals surface area contributed by atoms with Crippen LogP contribution >= 0.6 is 22.9 Å². The number of halogens is 4. The van der Waals surface area contributed by atoms with Gasteiger partial charge in [-0.25, -0.2) is 0 Å². The highest BCUT2D eigenvalue weighted by atomic mass is 35.5. The molecule has 0 spiro atoms. The fraction of sp³-hybridized carbons (Fsp3) is 0.375. The van der Waals surface area contributed by atoms with Gasteiger partial charge in [0.2, 0.25) is 0 Å². The number of nitrogens with zero attached hydrogens (tertiary/aromatic N) is 1. The lowest BCUT2D eigenvalue weighted by Crippen LogP contribution is -2.45. The molecule has 0 bridgehead atoms. The van der Waals surface area contributed by atoms with E-state index < -0.39 is 17.8 Å². The van der Waals surface area contributed by atoms with Crippen LogP contribution < -0.4 is 5.32 Å².